The summed E-state index contributed by atoms with van der Waals surface area (Å²) in [6.45, 7) is 4.98. The molecule has 104 valence electrons. The Balaban J connectivity index is 1.96. The molecule has 4 atom stereocenters. The third kappa shape index (κ3) is 2.86. The summed E-state index contributed by atoms with van der Waals surface area (Å²) in [4.78, 5) is 14.1. The first kappa shape index (κ1) is 13.8. The SMILES string of the molecule is COC(=O)C1CCN(C2CC(C)CCC2CN)C1. The van der Waals surface area contributed by atoms with Gasteiger partial charge in [-0.05, 0) is 44.2 Å². The fourth-order valence-electron chi connectivity index (χ4n) is 3.58. The van der Waals surface area contributed by atoms with Crippen LogP contribution in [0.3, 0.4) is 0 Å². The molecule has 1 saturated carbocycles. The van der Waals surface area contributed by atoms with Crippen LogP contribution < -0.4 is 5.73 Å². The van der Waals surface area contributed by atoms with Gasteiger partial charge in [0.15, 0.2) is 0 Å². The van der Waals surface area contributed by atoms with Crippen LogP contribution >= 0.6 is 0 Å². The fourth-order valence-corrected chi connectivity index (χ4v) is 3.58. The first-order valence-corrected chi connectivity index (χ1v) is 7.17. The summed E-state index contributed by atoms with van der Waals surface area (Å²) in [6, 6.07) is 0.577. The fraction of sp³-hybridized carbons (Fsp3) is 0.929. The highest BCUT2D eigenvalue weighted by molar-refractivity contribution is 5.72. The molecule has 0 aromatic rings. The van der Waals surface area contributed by atoms with E-state index in [4.69, 9.17) is 10.5 Å². The van der Waals surface area contributed by atoms with Crippen molar-refractivity contribution in [3.05, 3.63) is 0 Å². The molecule has 0 spiro atoms. The van der Waals surface area contributed by atoms with Crippen LogP contribution in [0.25, 0.3) is 0 Å². The van der Waals surface area contributed by atoms with Crippen LogP contribution in [0.2, 0.25) is 0 Å². The van der Waals surface area contributed by atoms with E-state index in [1.165, 1.54) is 26.4 Å². The Morgan fingerprint density at radius 1 is 1.39 bits per heavy atom. The van der Waals surface area contributed by atoms with Gasteiger partial charge in [-0.15, -0.1) is 0 Å². The lowest BCUT2D eigenvalue weighted by molar-refractivity contribution is -0.145. The maximum absolute atomic E-state index is 11.6. The molecule has 4 unspecified atom stereocenters. The zero-order valence-corrected chi connectivity index (χ0v) is 11.6. The lowest BCUT2D eigenvalue weighted by atomic mass is 9.78. The van der Waals surface area contributed by atoms with E-state index in [1.807, 2.05) is 0 Å². The highest BCUT2D eigenvalue weighted by Gasteiger charge is 2.38. The summed E-state index contributed by atoms with van der Waals surface area (Å²) in [5.41, 5.74) is 5.91. The minimum absolute atomic E-state index is 0.0503. The predicted molar refractivity (Wildman–Crippen MR) is 71.0 cm³/mol. The molecular formula is C14H26N2O2. The van der Waals surface area contributed by atoms with Crippen LogP contribution in [0.15, 0.2) is 0 Å². The van der Waals surface area contributed by atoms with Gasteiger partial charge in [0.2, 0.25) is 0 Å². The van der Waals surface area contributed by atoms with Crippen LogP contribution in [0, 0.1) is 17.8 Å². The molecule has 2 aliphatic rings. The van der Waals surface area contributed by atoms with Crippen molar-refractivity contribution in [1.29, 1.82) is 0 Å². The topological polar surface area (TPSA) is 55.6 Å². The Bertz CT molecular complexity index is 296. The summed E-state index contributed by atoms with van der Waals surface area (Å²) in [5.74, 6) is 1.42. The smallest absolute Gasteiger partial charge is 0.310 e. The summed E-state index contributed by atoms with van der Waals surface area (Å²) in [6.07, 6.45) is 4.71. The number of likely N-dealkylation sites (tertiary alicyclic amines) is 1. The number of rotatable bonds is 3. The minimum atomic E-state index is -0.0503. The molecule has 4 nitrogen and oxygen atoms in total. The Morgan fingerprint density at radius 3 is 2.83 bits per heavy atom. The molecular weight excluding hydrogens is 228 g/mol. The maximum atomic E-state index is 11.6. The highest BCUT2D eigenvalue weighted by atomic mass is 16.5. The molecule has 1 heterocycles. The van der Waals surface area contributed by atoms with E-state index in [9.17, 15) is 4.79 Å². The van der Waals surface area contributed by atoms with E-state index >= 15 is 0 Å². The Labute approximate surface area is 110 Å². The zero-order chi connectivity index (χ0) is 13.1. The van der Waals surface area contributed by atoms with Gasteiger partial charge in [0.1, 0.15) is 0 Å². The van der Waals surface area contributed by atoms with Gasteiger partial charge >= 0.3 is 5.97 Å². The Kier molecular flexibility index (Phi) is 4.62. The van der Waals surface area contributed by atoms with E-state index < -0.39 is 0 Å². The van der Waals surface area contributed by atoms with Crippen molar-refractivity contribution in [3.8, 4) is 0 Å². The van der Waals surface area contributed by atoms with Gasteiger partial charge in [-0.3, -0.25) is 9.69 Å². The van der Waals surface area contributed by atoms with Crippen LogP contribution in [-0.4, -0.2) is 43.7 Å². The summed E-state index contributed by atoms with van der Waals surface area (Å²) in [7, 11) is 1.48. The highest BCUT2D eigenvalue weighted by Crippen LogP contribution is 2.34. The first-order chi connectivity index (χ1) is 8.65. The summed E-state index contributed by atoms with van der Waals surface area (Å²) < 4.78 is 4.85. The lowest BCUT2D eigenvalue weighted by Gasteiger charge is -2.40. The maximum Gasteiger partial charge on any atom is 0.310 e. The molecule has 0 bridgehead atoms. The van der Waals surface area contributed by atoms with Gasteiger partial charge in [-0.25, -0.2) is 0 Å². The van der Waals surface area contributed by atoms with Crippen molar-refractivity contribution in [2.75, 3.05) is 26.7 Å². The Hall–Kier alpha value is -0.610. The molecule has 2 fully saturated rings. The number of hydrogen-bond donors (Lipinski definition) is 1. The molecule has 1 aliphatic carbocycles. The van der Waals surface area contributed by atoms with E-state index in [2.05, 4.69) is 11.8 Å². The molecule has 4 heteroatoms. The van der Waals surface area contributed by atoms with Crippen LogP contribution in [0.4, 0.5) is 0 Å². The third-order valence-electron chi connectivity index (χ3n) is 4.74. The number of esters is 1. The van der Waals surface area contributed by atoms with Gasteiger partial charge in [-0.1, -0.05) is 13.3 Å². The quantitative estimate of drug-likeness (QED) is 0.770. The number of carbonyl (C=O) groups excluding carboxylic acids is 1. The van der Waals surface area contributed by atoms with E-state index in [-0.39, 0.29) is 11.9 Å². The molecule has 1 saturated heterocycles. The minimum Gasteiger partial charge on any atom is -0.469 e. The molecule has 0 amide bonds. The number of methoxy groups -OCH3 is 1. The average Bonchev–Trinajstić information content (AvgIpc) is 2.87. The van der Waals surface area contributed by atoms with Crippen LogP contribution in [0.1, 0.15) is 32.6 Å². The van der Waals surface area contributed by atoms with E-state index in [0.717, 1.165) is 32.0 Å². The Morgan fingerprint density at radius 2 is 2.17 bits per heavy atom. The first-order valence-electron chi connectivity index (χ1n) is 7.17. The van der Waals surface area contributed by atoms with Gasteiger partial charge in [0.25, 0.3) is 0 Å². The van der Waals surface area contributed by atoms with Crippen molar-refractivity contribution in [1.82, 2.24) is 4.90 Å². The number of carbonyl (C=O) groups is 1. The van der Waals surface area contributed by atoms with Gasteiger partial charge in [0.05, 0.1) is 13.0 Å². The number of nitrogens with two attached hydrogens (primary N) is 1. The number of hydrogen-bond acceptors (Lipinski definition) is 4. The number of ether oxygens (including phenoxy) is 1. The summed E-state index contributed by atoms with van der Waals surface area (Å²) in [5, 5.41) is 0. The van der Waals surface area contributed by atoms with Crippen molar-refractivity contribution < 1.29 is 9.53 Å². The third-order valence-corrected chi connectivity index (χ3v) is 4.74. The predicted octanol–water partition coefficient (Wildman–Crippen LogP) is 1.24. The lowest BCUT2D eigenvalue weighted by Crippen LogP contribution is -2.45. The van der Waals surface area contributed by atoms with Gasteiger partial charge in [-0.2, -0.15) is 0 Å². The van der Waals surface area contributed by atoms with E-state index in [1.54, 1.807) is 0 Å². The molecule has 0 radical (unpaired) electrons. The zero-order valence-electron chi connectivity index (χ0n) is 11.6. The second kappa shape index (κ2) is 6.02. The number of nitrogens with zero attached hydrogens (tertiary/aromatic N) is 1. The van der Waals surface area contributed by atoms with Crippen LogP contribution in [0.5, 0.6) is 0 Å². The van der Waals surface area contributed by atoms with Crippen molar-refractivity contribution >= 4 is 5.97 Å². The molecule has 2 rings (SSSR count). The molecule has 0 aromatic heterocycles. The summed E-state index contributed by atoms with van der Waals surface area (Å²) >= 11 is 0. The van der Waals surface area contributed by atoms with Crippen molar-refractivity contribution in [3.63, 3.8) is 0 Å². The van der Waals surface area contributed by atoms with Crippen molar-refractivity contribution in [2.45, 2.75) is 38.6 Å². The molecule has 1 aliphatic heterocycles. The van der Waals surface area contributed by atoms with Crippen molar-refractivity contribution in [2.24, 2.45) is 23.5 Å². The second-order valence-electron chi connectivity index (χ2n) is 5.99. The molecule has 0 aromatic carbocycles. The van der Waals surface area contributed by atoms with E-state index in [0.29, 0.717) is 12.0 Å². The standard InChI is InChI=1S/C14H26N2O2/c1-10-3-4-11(8-15)13(7-10)16-6-5-12(9-16)14(17)18-2/h10-13H,3-9,15H2,1-2H3. The largest absolute Gasteiger partial charge is 0.469 e. The van der Waals surface area contributed by atoms with Gasteiger partial charge in [0, 0.05) is 12.6 Å². The van der Waals surface area contributed by atoms with Gasteiger partial charge < -0.3 is 10.5 Å². The van der Waals surface area contributed by atoms with Crippen LogP contribution in [-0.2, 0) is 9.53 Å². The molecule has 18 heavy (non-hydrogen) atoms. The monoisotopic (exact) mass is 254 g/mol. The second-order valence-corrected chi connectivity index (χ2v) is 5.99. The average molecular weight is 254 g/mol. The molecule has 2 N–H and O–H groups in total. The normalized spacial score (nSPS) is 37.7.